The predicted octanol–water partition coefficient (Wildman–Crippen LogP) is 4.74. The van der Waals surface area contributed by atoms with Crippen LogP contribution in [0.1, 0.15) is 33.4 Å². The topological polar surface area (TPSA) is 87.5 Å². The van der Waals surface area contributed by atoms with Crippen molar-refractivity contribution in [3.63, 3.8) is 0 Å². The lowest BCUT2D eigenvalue weighted by Gasteiger charge is -2.37. The van der Waals surface area contributed by atoms with Gasteiger partial charge in [-0.1, -0.05) is 0 Å². The third-order valence-corrected chi connectivity index (χ3v) is 6.59. The van der Waals surface area contributed by atoms with Crippen LogP contribution in [0.15, 0.2) is 41.5 Å². The van der Waals surface area contributed by atoms with Crippen molar-refractivity contribution in [1.82, 2.24) is 14.5 Å². The minimum Gasteiger partial charge on any atom is -0.481 e. The molecular formula is C26H27F3N4O3. The van der Waals surface area contributed by atoms with Gasteiger partial charge < -0.3 is 10.4 Å². The number of carboxylic acid groups (broad SMARTS) is 1. The Morgan fingerprint density at radius 2 is 1.64 bits per heavy atom. The number of hydrogen-bond acceptors (Lipinski definition) is 5. The van der Waals surface area contributed by atoms with Gasteiger partial charge in [-0.3, -0.25) is 19.1 Å². The molecule has 1 aliphatic heterocycles. The first-order chi connectivity index (χ1) is 16.8. The van der Waals surface area contributed by atoms with Gasteiger partial charge in [-0.25, -0.2) is 4.98 Å². The summed E-state index contributed by atoms with van der Waals surface area (Å²) in [5.41, 5.74) is 3.59. The maximum absolute atomic E-state index is 13.3. The summed E-state index contributed by atoms with van der Waals surface area (Å²) < 4.78 is 40.8. The number of halogens is 3. The second kappa shape index (κ2) is 9.42. The van der Waals surface area contributed by atoms with E-state index in [0.717, 1.165) is 28.8 Å². The number of rotatable bonds is 6. The molecule has 0 unspecified atom stereocenters. The largest absolute Gasteiger partial charge is 0.481 e. The van der Waals surface area contributed by atoms with Gasteiger partial charge in [-0.2, -0.15) is 13.2 Å². The Kier molecular flexibility index (Phi) is 6.66. The van der Waals surface area contributed by atoms with Crippen LogP contribution in [0.2, 0.25) is 0 Å². The molecule has 3 aromatic rings. The Morgan fingerprint density at radius 3 is 2.17 bits per heavy atom. The molecular weight excluding hydrogens is 473 g/mol. The minimum absolute atomic E-state index is 0.00290. The van der Waals surface area contributed by atoms with Crippen molar-refractivity contribution >= 4 is 17.5 Å². The standard InChI is InChI=1S/C26H27F3N4O3/c1-14-9-20(10-15(2)21(14)13-32-11-18(12-32)25(35)36)33-6-5-30-23(24(33)34)31-22-16(3)7-19(8-17(22)4)26(27,28)29/h5-10,18H,11-13H2,1-4H3,(H,30,31)(H,35,36). The van der Waals surface area contributed by atoms with E-state index >= 15 is 0 Å². The third kappa shape index (κ3) is 4.99. The first-order valence-electron chi connectivity index (χ1n) is 11.4. The van der Waals surface area contributed by atoms with Crippen molar-refractivity contribution in [1.29, 1.82) is 0 Å². The summed E-state index contributed by atoms with van der Waals surface area (Å²) >= 11 is 0. The van der Waals surface area contributed by atoms with Crippen LogP contribution < -0.4 is 10.9 Å². The van der Waals surface area contributed by atoms with Gasteiger partial charge in [0.15, 0.2) is 5.82 Å². The van der Waals surface area contributed by atoms with Crippen molar-refractivity contribution in [2.24, 2.45) is 5.92 Å². The Morgan fingerprint density at radius 1 is 1.06 bits per heavy atom. The lowest BCUT2D eigenvalue weighted by molar-refractivity contribution is -0.147. The summed E-state index contributed by atoms with van der Waals surface area (Å²) in [5.74, 6) is -1.11. The Hall–Kier alpha value is -3.66. The zero-order valence-corrected chi connectivity index (χ0v) is 20.4. The molecule has 4 rings (SSSR count). The number of hydrogen-bond donors (Lipinski definition) is 2. The van der Waals surface area contributed by atoms with E-state index in [0.29, 0.717) is 42.1 Å². The zero-order chi connectivity index (χ0) is 26.4. The third-order valence-electron chi connectivity index (χ3n) is 6.59. The van der Waals surface area contributed by atoms with E-state index in [1.54, 1.807) is 20.0 Å². The first-order valence-corrected chi connectivity index (χ1v) is 11.4. The molecule has 36 heavy (non-hydrogen) atoms. The quantitative estimate of drug-likeness (QED) is 0.508. The smallest absolute Gasteiger partial charge is 0.416 e. The molecule has 0 spiro atoms. The monoisotopic (exact) mass is 500 g/mol. The van der Waals surface area contributed by atoms with Crippen LogP contribution in [0.3, 0.4) is 0 Å². The number of nitrogens with one attached hydrogen (secondary N) is 1. The second-order valence-electron chi connectivity index (χ2n) is 9.35. The number of nitrogens with zero attached hydrogens (tertiary/aromatic N) is 3. The van der Waals surface area contributed by atoms with E-state index < -0.39 is 23.3 Å². The number of anilines is 2. The highest BCUT2D eigenvalue weighted by Gasteiger charge is 2.33. The summed E-state index contributed by atoms with van der Waals surface area (Å²) in [4.78, 5) is 30.5. The second-order valence-corrected chi connectivity index (χ2v) is 9.35. The highest BCUT2D eigenvalue weighted by atomic mass is 19.4. The van der Waals surface area contributed by atoms with E-state index in [-0.39, 0.29) is 11.7 Å². The fraction of sp³-hybridized carbons (Fsp3) is 0.346. The van der Waals surface area contributed by atoms with Crippen molar-refractivity contribution in [2.45, 2.75) is 40.4 Å². The molecule has 10 heteroatoms. The molecule has 1 aromatic heterocycles. The van der Waals surface area contributed by atoms with Gasteiger partial charge in [0.2, 0.25) is 0 Å². The number of alkyl halides is 3. The van der Waals surface area contributed by atoms with Crippen LogP contribution in [0, 0.1) is 33.6 Å². The number of carbonyl (C=O) groups is 1. The number of aromatic nitrogens is 2. The van der Waals surface area contributed by atoms with Gasteiger partial charge >= 0.3 is 12.1 Å². The first kappa shape index (κ1) is 25.4. The van der Waals surface area contributed by atoms with Gasteiger partial charge in [-0.15, -0.1) is 0 Å². The van der Waals surface area contributed by atoms with Crippen LogP contribution in [-0.2, 0) is 17.5 Å². The van der Waals surface area contributed by atoms with Gasteiger partial charge in [0.25, 0.3) is 5.56 Å². The molecule has 0 atom stereocenters. The molecule has 190 valence electrons. The molecule has 0 amide bonds. The van der Waals surface area contributed by atoms with Gasteiger partial charge in [0.1, 0.15) is 0 Å². The summed E-state index contributed by atoms with van der Waals surface area (Å²) in [6.45, 7) is 8.64. The fourth-order valence-corrected chi connectivity index (χ4v) is 4.58. The van der Waals surface area contributed by atoms with E-state index in [1.165, 1.54) is 10.8 Å². The minimum atomic E-state index is -4.46. The number of aliphatic carboxylic acids is 1. The van der Waals surface area contributed by atoms with E-state index in [1.807, 2.05) is 26.0 Å². The average molecular weight is 501 g/mol. The van der Waals surface area contributed by atoms with Crippen LogP contribution in [0.5, 0.6) is 0 Å². The lowest BCUT2D eigenvalue weighted by atomic mass is 9.96. The van der Waals surface area contributed by atoms with E-state index in [2.05, 4.69) is 15.2 Å². The summed E-state index contributed by atoms with van der Waals surface area (Å²) in [6.07, 6.45) is -1.45. The molecule has 2 heterocycles. The highest BCUT2D eigenvalue weighted by Crippen LogP contribution is 2.34. The number of benzene rings is 2. The van der Waals surface area contributed by atoms with Gasteiger partial charge in [0.05, 0.1) is 11.5 Å². The van der Waals surface area contributed by atoms with Crippen molar-refractivity contribution in [3.8, 4) is 5.69 Å². The Bertz CT molecular complexity index is 1350. The highest BCUT2D eigenvalue weighted by molar-refractivity contribution is 5.71. The molecule has 0 bridgehead atoms. The summed E-state index contributed by atoms with van der Waals surface area (Å²) in [7, 11) is 0. The molecule has 0 saturated carbocycles. The fourth-order valence-electron chi connectivity index (χ4n) is 4.58. The molecule has 0 aliphatic carbocycles. The molecule has 2 aromatic carbocycles. The molecule has 0 radical (unpaired) electrons. The Balaban J connectivity index is 1.61. The van der Waals surface area contributed by atoms with Crippen LogP contribution >= 0.6 is 0 Å². The number of aryl methyl sites for hydroxylation is 4. The number of carboxylic acids is 1. The van der Waals surface area contributed by atoms with E-state index in [4.69, 9.17) is 5.11 Å². The number of likely N-dealkylation sites (tertiary alicyclic amines) is 1. The van der Waals surface area contributed by atoms with Crippen LogP contribution in [0.4, 0.5) is 24.7 Å². The van der Waals surface area contributed by atoms with E-state index in [9.17, 15) is 22.8 Å². The van der Waals surface area contributed by atoms with Crippen molar-refractivity contribution < 1.29 is 23.1 Å². The molecule has 1 fully saturated rings. The van der Waals surface area contributed by atoms with Gasteiger partial charge in [0, 0.05) is 43.4 Å². The maximum Gasteiger partial charge on any atom is 0.416 e. The predicted molar refractivity (Wildman–Crippen MR) is 130 cm³/mol. The maximum atomic E-state index is 13.3. The summed E-state index contributed by atoms with van der Waals surface area (Å²) in [5, 5.41) is 12.0. The molecule has 2 N–H and O–H groups in total. The zero-order valence-electron chi connectivity index (χ0n) is 20.4. The Labute approximate surface area is 206 Å². The molecule has 1 aliphatic rings. The lowest BCUT2D eigenvalue weighted by Crippen LogP contribution is -2.49. The SMILES string of the molecule is Cc1cc(-n2ccnc(Nc3c(C)cc(C(F)(F)F)cc3C)c2=O)cc(C)c1CN1CC(C(=O)O)C1. The van der Waals surface area contributed by atoms with Crippen LogP contribution in [-0.4, -0.2) is 38.6 Å². The van der Waals surface area contributed by atoms with Crippen LogP contribution in [0.25, 0.3) is 5.69 Å². The summed E-state index contributed by atoms with van der Waals surface area (Å²) in [6, 6.07) is 5.85. The normalized spacial score (nSPS) is 14.5. The molecule has 7 nitrogen and oxygen atoms in total. The molecule has 1 saturated heterocycles. The van der Waals surface area contributed by atoms with Crippen molar-refractivity contribution in [3.05, 3.63) is 80.4 Å². The van der Waals surface area contributed by atoms with Gasteiger partial charge in [-0.05, 0) is 79.8 Å². The average Bonchev–Trinajstić information content (AvgIpc) is 2.74. The van der Waals surface area contributed by atoms with Crippen molar-refractivity contribution in [2.75, 3.05) is 18.4 Å².